The molecule has 0 aromatic carbocycles. The average Bonchev–Trinajstić information content (AvgIpc) is 3.11. The first kappa shape index (κ1) is 14.5. The summed E-state index contributed by atoms with van der Waals surface area (Å²) in [7, 11) is -3.35. The van der Waals surface area contributed by atoms with Crippen molar-refractivity contribution < 1.29 is 13.2 Å². The Morgan fingerprint density at radius 3 is 2.35 bits per heavy atom. The topological polar surface area (TPSA) is 57.7 Å². The highest BCUT2D eigenvalue weighted by Crippen LogP contribution is 2.35. The second-order valence-electron chi connectivity index (χ2n) is 6.25. The molecule has 0 aromatic heterocycles. The maximum absolute atomic E-state index is 12.7. The second kappa shape index (κ2) is 5.73. The highest BCUT2D eigenvalue weighted by atomic mass is 32.2. The van der Waals surface area contributed by atoms with E-state index < -0.39 is 10.2 Å². The molecule has 2 saturated heterocycles. The fourth-order valence-corrected chi connectivity index (χ4v) is 5.91. The Labute approximate surface area is 121 Å². The molecule has 2 atom stereocenters. The predicted octanol–water partition coefficient (Wildman–Crippen LogP) is 1.55. The van der Waals surface area contributed by atoms with Gasteiger partial charge in [0, 0.05) is 38.0 Å². The quantitative estimate of drug-likeness (QED) is 0.794. The molecule has 2 aliphatic heterocycles. The SMILES string of the molecule is O=C1CCCCC1C1CCCN1S(=O)(=O)N1CCCC1. The van der Waals surface area contributed by atoms with Gasteiger partial charge >= 0.3 is 0 Å². The van der Waals surface area contributed by atoms with Crippen LogP contribution < -0.4 is 0 Å². The van der Waals surface area contributed by atoms with Crippen LogP contribution >= 0.6 is 0 Å². The predicted molar refractivity (Wildman–Crippen MR) is 76.4 cm³/mol. The maximum Gasteiger partial charge on any atom is 0.282 e. The Bertz CT molecular complexity index is 471. The third-order valence-electron chi connectivity index (χ3n) is 5.00. The van der Waals surface area contributed by atoms with Crippen LogP contribution in [0.3, 0.4) is 0 Å². The number of rotatable bonds is 3. The number of hydrogen-bond donors (Lipinski definition) is 0. The molecule has 0 bridgehead atoms. The summed E-state index contributed by atoms with van der Waals surface area (Å²) in [5.74, 6) is 0.230. The molecule has 3 aliphatic rings. The Balaban J connectivity index is 1.79. The molecule has 2 unspecified atom stereocenters. The Kier molecular flexibility index (Phi) is 4.15. The van der Waals surface area contributed by atoms with Crippen molar-refractivity contribution in [2.75, 3.05) is 19.6 Å². The van der Waals surface area contributed by atoms with E-state index in [9.17, 15) is 13.2 Å². The summed E-state index contributed by atoms with van der Waals surface area (Å²) < 4.78 is 28.7. The van der Waals surface area contributed by atoms with Gasteiger partial charge in [0.25, 0.3) is 10.2 Å². The number of Topliss-reactive ketones (excluding diaryl/α,β-unsaturated/α-hetero) is 1. The lowest BCUT2D eigenvalue weighted by Gasteiger charge is -2.34. The van der Waals surface area contributed by atoms with E-state index in [4.69, 9.17) is 0 Å². The van der Waals surface area contributed by atoms with Gasteiger partial charge in [-0.05, 0) is 38.5 Å². The number of carbonyl (C=O) groups is 1. The van der Waals surface area contributed by atoms with Crippen molar-refractivity contribution in [1.82, 2.24) is 8.61 Å². The molecule has 0 aromatic rings. The van der Waals surface area contributed by atoms with E-state index in [-0.39, 0.29) is 17.7 Å². The number of carbonyl (C=O) groups excluding carboxylic acids is 1. The van der Waals surface area contributed by atoms with Crippen LogP contribution in [0.25, 0.3) is 0 Å². The van der Waals surface area contributed by atoms with Crippen molar-refractivity contribution in [2.45, 2.75) is 57.4 Å². The molecule has 2 heterocycles. The van der Waals surface area contributed by atoms with Gasteiger partial charge in [0.05, 0.1) is 0 Å². The fourth-order valence-electron chi connectivity index (χ4n) is 3.94. The molecule has 114 valence electrons. The standard InChI is InChI=1S/C14H24N2O3S/c17-14-8-2-1-6-12(14)13-7-5-11-16(13)20(18,19)15-9-3-4-10-15/h12-13H,1-11H2. The summed E-state index contributed by atoms with van der Waals surface area (Å²) >= 11 is 0. The van der Waals surface area contributed by atoms with Crippen molar-refractivity contribution in [3.05, 3.63) is 0 Å². The molecule has 3 rings (SSSR count). The number of ketones is 1. The monoisotopic (exact) mass is 300 g/mol. The Hall–Kier alpha value is -0.460. The van der Waals surface area contributed by atoms with Crippen LogP contribution in [0.1, 0.15) is 51.4 Å². The largest absolute Gasteiger partial charge is 0.299 e. The smallest absolute Gasteiger partial charge is 0.282 e. The van der Waals surface area contributed by atoms with Gasteiger partial charge in [-0.2, -0.15) is 17.0 Å². The van der Waals surface area contributed by atoms with Crippen LogP contribution in [0.15, 0.2) is 0 Å². The van der Waals surface area contributed by atoms with Crippen LogP contribution in [0.5, 0.6) is 0 Å². The van der Waals surface area contributed by atoms with Gasteiger partial charge in [-0.1, -0.05) is 6.42 Å². The maximum atomic E-state index is 12.7. The minimum Gasteiger partial charge on any atom is -0.299 e. The third kappa shape index (κ3) is 2.53. The van der Waals surface area contributed by atoms with Gasteiger partial charge in [0.15, 0.2) is 0 Å². The molecule has 20 heavy (non-hydrogen) atoms. The second-order valence-corrected chi connectivity index (χ2v) is 8.13. The van der Waals surface area contributed by atoms with E-state index in [2.05, 4.69) is 0 Å². The molecular formula is C14H24N2O3S. The van der Waals surface area contributed by atoms with Crippen LogP contribution in [0, 0.1) is 5.92 Å². The summed E-state index contributed by atoms with van der Waals surface area (Å²) in [6, 6.07) is -0.0756. The Morgan fingerprint density at radius 1 is 0.900 bits per heavy atom. The normalized spacial score (nSPS) is 33.9. The summed E-state index contributed by atoms with van der Waals surface area (Å²) in [6.07, 6.45) is 7.20. The summed E-state index contributed by atoms with van der Waals surface area (Å²) in [5.41, 5.74) is 0. The highest BCUT2D eigenvalue weighted by Gasteiger charge is 2.44. The van der Waals surface area contributed by atoms with E-state index in [1.807, 2.05) is 0 Å². The average molecular weight is 300 g/mol. The highest BCUT2D eigenvalue weighted by molar-refractivity contribution is 7.86. The molecular weight excluding hydrogens is 276 g/mol. The zero-order chi connectivity index (χ0) is 14.2. The van der Waals surface area contributed by atoms with Gasteiger partial charge in [-0.25, -0.2) is 0 Å². The molecule has 0 N–H and O–H groups in total. The molecule has 0 amide bonds. The molecule has 0 spiro atoms. The van der Waals surface area contributed by atoms with E-state index >= 15 is 0 Å². The lowest BCUT2D eigenvalue weighted by Crippen LogP contribution is -2.49. The van der Waals surface area contributed by atoms with Gasteiger partial charge in [0.2, 0.25) is 0 Å². The number of hydrogen-bond acceptors (Lipinski definition) is 3. The third-order valence-corrected chi connectivity index (χ3v) is 7.07. The molecule has 6 heteroatoms. The summed E-state index contributed by atoms with van der Waals surface area (Å²) in [6.45, 7) is 1.88. The van der Waals surface area contributed by atoms with Gasteiger partial charge in [0.1, 0.15) is 5.78 Å². The molecule has 3 fully saturated rings. The van der Waals surface area contributed by atoms with Crippen molar-refractivity contribution in [3.63, 3.8) is 0 Å². The van der Waals surface area contributed by atoms with Crippen LogP contribution in [-0.4, -0.2) is 48.5 Å². The molecule has 5 nitrogen and oxygen atoms in total. The van der Waals surface area contributed by atoms with Crippen molar-refractivity contribution in [3.8, 4) is 0 Å². The summed E-state index contributed by atoms with van der Waals surface area (Å²) in [5, 5.41) is 0. The van der Waals surface area contributed by atoms with E-state index in [1.165, 1.54) is 0 Å². The lowest BCUT2D eigenvalue weighted by atomic mass is 9.82. The van der Waals surface area contributed by atoms with Crippen molar-refractivity contribution in [1.29, 1.82) is 0 Å². The molecule has 0 radical (unpaired) electrons. The van der Waals surface area contributed by atoms with Crippen LogP contribution in [0.4, 0.5) is 0 Å². The van der Waals surface area contributed by atoms with E-state index in [0.717, 1.165) is 44.9 Å². The van der Waals surface area contributed by atoms with Crippen LogP contribution in [0.2, 0.25) is 0 Å². The van der Waals surface area contributed by atoms with E-state index in [0.29, 0.717) is 26.1 Å². The van der Waals surface area contributed by atoms with Gasteiger partial charge < -0.3 is 0 Å². The molecule has 1 saturated carbocycles. The first-order chi connectivity index (χ1) is 9.60. The zero-order valence-corrected chi connectivity index (χ0v) is 12.8. The first-order valence-electron chi connectivity index (χ1n) is 7.90. The fraction of sp³-hybridized carbons (Fsp3) is 0.929. The Morgan fingerprint density at radius 2 is 1.65 bits per heavy atom. The van der Waals surface area contributed by atoms with Gasteiger partial charge in [-0.15, -0.1) is 0 Å². The van der Waals surface area contributed by atoms with Crippen molar-refractivity contribution in [2.24, 2.45) is 5.92 Å². The van der Waals surface area contributed by atoms with Crippen molar-refractivity contribution >= 4 is 16.0 Å². The zero-order valence-electron chi connectivity index (χ0n) is 12.0. The van der Waals surface area contributed by atoms with Gasteiger partial charge in [-0.3, -0.25) is 4.79 Å². The minimum atomic E-state index is -3.35. The number of nitrogens with zero attached hydrogens (tertiary/aromatic N) is 2. The van der Waals surface area contributed by atoms with Crippen LogP contribution in [-0.2, 0) is 15.0 Å². The first-order valence-corrected chi connectivity index (χ1v) is 9.30. The van der Waals surface area contributed by atoms with E-state index in [1.54, 1.807) is 8.61 Å². The minimum absolute atomic E-state index is 0.0522. The summed E-state index contributed by atoms with van der Waals surface area (Å²) in [4.78, 5) is 12.1. The molecule has 1 aliphatic carbocycles. The lowest BCUT2D eigenvalue weighted by molar-refractivity contribution is -0.126.